The van der Waals surface area contributed by atoms with E-state index in [1.165, 1.54) is 0 Å². The van der Waals surface area contributed by atoms with E-state index >= 15 is 0 Å². The van der Waals surface area contributed by atoms with E-state index in [1.54, 1.807) is 11.3 Å². The normalized spacial score (nSPS) is 13.1. The number of aromatic nitrogens is 2. The lowest BCUT2D eigenvalue weighted by molar-refractivity contribution is 1.23. The van der Waals surface area contributed by atoms with Crippen LogP contribution in [0.2, 0.25) is 0 Å². The highest BCUT2D eigenvalue weighted by molar-refractivity contribution is 7.09. The zero-order valence-electron chi connectivity index (χ0n) is 5.61. The van der Waals surface area contributed by atoms with Crippen molar-refractivity contribution in [2.45, 2.75) is 0 Å². The largest absolute Gasteiger partial charge is 0.244 e. The van der Waals surface area contributed by atoms with Crippen LogP contribution in [0.15, 0.2) is 10.8 Å². The lowest BCUT2D eigenvalue weighted by Gasteiger charge is -2.06. The zero-order valence-corrected chi connectivity index (χ0v) is 6.43. The van der Waals surface area contributed by atoms with Crippen molar-refractivity contribution >= 4 is 34.5 Å². The quantitative estimate of drug-likeness (QED) is 0.503. The molecule has 3 rings (SSSR count). The zero-order chi connectivity index (χ0) is 7.26. The maximum Gasteiger partial charge on any atom is 0.100 e. The third-order valence-electron chi connectivity index (χ3n) is 1.77. The van der Waals surface area contributed by atoms with Crippen LogP contribution in [0.4, 0.5) is 0 Å². The van der Waals surface area contributed by atoms with E-state index in [-0.39, 0.29) is 0 Å². The van der Waals surface area contributed by atoms with Crippen LogP contribution < -0.4 is 0 Å². The second-order valence-corrected chi connectivity index (χ2v) is 3.21. The molecule has 0 saturated heterocycles. The lowest BCUT2D eigenvalue weighted by atomic mass is 10.1. The molecule has 3 heteroatoms. The molecule has 1 aliphatic rings. The van der Waals surface area contributed by atoms with Crippen molar-refractivity contribution in [2.24, 2.45) is 0 Å². The summed E-state index contributed by atoms with van der Waals surface area (Å²) in [6.07, 6.45) is 3.97. The van der Waals surface area contributed by atoms with Crippen LogP contribution in [0.5, 0.6) is 0 Å². The molecule has 0 atom stereocenters. The van der Waals surface area contributed by atoms with Gasteiger partial charge in [-0.25, -0.2) is 9.97 Å². The van der Waals surface area contributed by atoms with Crippen molar-refractivity contribution in [2.75, 3.05) is 0 Å². The van der Waals surface area contributed by atoms with E-state index < -0.39 is 0 Å². The van der Waals surface area contributed by atoms with Gasteiger partial charge in [0.2, 0.25) is 0 Å². The summed E-state index contributed by atoms with van der Waals surface area (Å²) >= 11 is 1.65. The number of hydrogen-bond acceptors (Lipinski definition) is 3. The number of rotatable bonds is 0. The van der Waals surface area contributed by atoms with E-state index in [9.17, 15) is 0 Å². The highest BCUT2D eigenvalue weighted by Gasteiger charge is 2.09. The summed E-state index contributed by atoms with van der Waals surface area (Å²) in [6.45, 7) is 0. The summed E-state index contributed by atoms with van der Waals surface area (Å²) in [5, 5.41) is 4.05. The van der Waals surface area contributed by atoms with Crippen LogP contribution in [-0.2, 0) is 0 Å². The van der Waals surface area contributed by atoms with Gasteiger partial charge >= 0.3 is 0 Å². The monoisotopic (exact) mass is 160 g/mol. The summed E-state index contributed by atoms with van der Waals surface area (Å²) < 4.78 is 0. The van der Waals surface area contributed by atoms with Gasteiger partial charge in [0, 0.05) is 10.8 Å². The molecule has 2 aromatic rings. The molecule has 0 spiro atoms. The Balaban J connectivity index is 2.51. The molecule has 0 radical (unpaired) electrons. The molecule has 11 heavy (non-hydrogen) atoms. The Labute approximate surface area is 67.2 Å². The first kappa shape index (κ1) is 5.43. The summed E-state index contributed by atoms with van der Waals surface area (Å²) in [5.74, 6) is 0. The molecule has 0 aromatic carbocycles. The summed E-state index contributed by atoms with van der Waals surface area (Å²) in [6, 6.07) is 0. The molecular formula is C8H4N2S. The first-order valence-electron chi connectivity index (χ1n) is 3.35. The average molecular weight is 160 g/mol. The van der Waals surface area contributed by atoms with Crippen molar-refractivity contribution in [1.29, 1.82) is 0 Å². The van der Waals surface area contributed by atoms with Gasteiger partial charge in [0.05, 0.1) is 11.4 Å². The Morgan fingerprint density at radius 3 is 1.91 bits per heavy atom. The fourth-order valence-electron chi connectivity index (χ4n) is 1.13. The highest BCUT2D eigenvalue weighted by Crippen LogP contribution is 2.23. The summed E-state index contributed by atoms with van der Waals surface area (Å²) in [4.78, 5) is 8.77. The number of thiophene rings is 1. The van der Waals surface area contributed by atoms with E-state index in [2.05, 4.69) is 9.97 Å². The van der Waals surface area contributed by atoms with Gasteiger partial charge in [-0.3, -0.25) is 0 Å². The van der Waals surface area contributed by atoms with Gasteiger partial charge in [0.25, 0.3) is 0 Å². The molecule has 0 amide bonds. The predicted octanol–water partition coefficient (Wildman–Crippen LogP) is 2.18. The van der Waals surface area contributed by atoms with Crippen LogP contribution in [0.25, 0.3) is 23.2 Å². The van der Waals surface area contributed by atoms with Crippen LogP contribution in [-0.4, -0.2) is 9.97 Å². The summed E-state index contributed by atoms with van der Waals surface area (Å²) in [5.41, 5.74) is 4.07. The molecule has 0 aliphatic heterocycles. The average Bonchev–Trinajstić information content (AvgIpc) is 2.40. The van der Waals surface area contributed by atoms with Gasteiger partial charge in [-0.15, -0.1) is 11.3 Å². The molecule has 2 nitrogen and oxygen atoms in total. The fraction of sp³-hybridized carbons (Fsp3) is 0. The fourth-order valence-corrected chi connectivity index (χ4v) is 1.80. The van der Waals surface area contributed by atoms with E-state index in [4.69, 9.17) is 0 Å². The molecule has 2 heterocycles. The molecule has 52 valence electrons. The lowest BCUT2D eigenvalue weighted by Crippen LogP contribution is -1.97. The number of hydrogen-bond donors (Lipinski definition) is 0. The molecule has 0 fully saturated rings. The Morgan fingerprint density at radius 2 is 1.45 bits per heavy atom. The van der Waals surface area contributed by atoms with Gasteiger partial charge in [0.1, 0.15) is 11.0 Å². The standard InChI is InChI=1S/C8H4N2S/c1-2-6-5(1)9-7-3-11-4-8(7)10-6/h1-4H. The number of fused-ring (bicyclic) bond motifs is 2. The van der Waals surface area contributed by atoms with Crippen molar-refractivity contribution in [3.63, 3.8) is 0 Å². The second-order valence-electron chi connectivity index (χ2n) is 2.47. The first-order valence-corrected chi connectivity index (χ1v) is 4.30. The van der Waals surface area contributed by atoms with Gasteiger partial charge in [-0.05, 0) is 12.2 Å². The molecule has 2 aromatic heterocycles. The van der Waals surface area contributed by atoms with Crippen LogP contribution >= 0.6 is 11.3 Å². The van der Waals surface area contributed by atoms with Gasteiger partial charge < -0.3 is 0 Å². The van der Waals surface area contributed by atoms with Gasteiger partial charge in [0.15, 0.2) is 0 Å². The Kier molecular flexibility index (Phi) is 0.830. The van der Waals surface area contributed by atoms with E-state index in [0.717, 1.165) is 22.4 Å². The van der Waals surface area contributed by atoms with E-state index in [1.807, 2.05) is 22.9 Å². The predicted molar refractivity (Wildman–Crippen MR) is 46.3 cm³/mol. The van der Waals surface area contributed by atoms with Gasteiger partial charge in [-0.1, -0.05) is 0 Å². The Hall–Kier alpha value is -1.22. The highest BCUT2D eigenvalue weighted by atomic mass is 32.1. The minimum atomic E-state index is 1.01. The third kappa shape index (κ3) is 0.607. The van der Waals surface area contributed by atoms with Crippen LogP contribution in [0.1, 0.15) is 11.4 Å². The van der Waals surface area contributed by atoms with Crippen LogP contribution in [0.3, 0.4) is 0 Å². The van der Waals surface area contributed by atoms with Crippen molar-refractivity contribution < 1.29 is 0 Å². The van der Waals surface area contributed by atoms with Gasteiger partial charge in [-0.2, -0.15) is 0 Å². The summed E-state index contributed by atoms with van der Waals surface area (Å²) in [7, 11) is 0. The molecular weight excluding hydrogens is 156 g/mol. The molecule has 0 N–H and O–H groups in total. The topological polar surface area (TPSA) is 25.8 Å². The molecule has 1 aliphatic carbocycles. The number of nitrogens with zero attached hydrogens (tertiary/aromatic N) is 2. The Morgan fingerprint density at radius 1 is 0.909 bits per heavy atom. The molecule has 0 bridgehead atoms. The second kappa shape index (κ2) is 1.68. The molecule has 0 saturated carbocycles. The Bertz CT molecular complexity index is 416. The third-order valence-corrected chi connectivity index (χ3v) is 2.48. The van der Waals surface area contributed by atoms with Crippen LogP contribution in [0, 0.1) is 0 Å². The van der Waals surface area contributed by atoms with E-state index in [0.29, 0.717) is 0 Å². The molecule has 0 unspecified atom stereocenters. The first-order chi connectivity index (χ1) is 5.43. The van der Waals surface area contributed by atoms with Crippen molar-refractivity contribution in [1.82, 2.24) is 9.97 Å². The van der Waals surface area contributed by atoms with Crippen molar-refractivity contribution in [3.05, 3.63) is 22.1 Å². The van der Waals surface area contributed by atoms with Crippen molar-refractivity contribution in [3.8, 4) is 0 Å². The maximum atomic E-state index is 4.38. The minimum Gasteiger partial charge on any atom is -0.244 e. The minimum absolute atomic E-state index is 1.01. The maximum absolute atomic E-state index is 4.38. The smallest absolute Gasteiger partial charge is 0.100 e. The SMILES string of the molecule is C1=Cc2nc3cscc3nc21.